The number of hydrogen-bond acceptors (Lipinski definition) is 6. The summed E-state index contributed by atoms with van der Waals surface area (Å²) < 4.78 is 17.1. The maximum absolute atomic E-state index is 12.9. The lowest BCUT2D eigenvalue weighted by molar-refractivity contribution is -0.139. The van der Waals surface area contributed by atoms with Crippen LogP contribution in [0.5, 0.6) is 17.2 Å². The second kappa shape index (κ2) is 15.0. The second-order valence-electron chi connectivity index (χ2n) is 10.2. The van der Waals surface area contributed by atoms with E-state index in [1.54, 1.807) is 48.5 Å². The Labute approximate surface area is 260 Å². The summed E-state index contributed by atoms with van der Waals surface area (Å²) in [5.74, 6) is -0.889. The fourth-order valence-electron chi connectivity index (χ4n) is 4.43. The third kappa shape index (κ3) is 9.05. The number of carbonyl (C=O) groups excluding carboxylic acids is 2. The van der Waals surface area contributed by atoms with Crippen molar-refractivity contribution in [2.45, 2.75) is 25.7 Å². The molecule has 226 valence electrons. The zero-order valence-corrected chi connectivity index (χ0v) is 24.3. The molecule has 45 heavy (non-hydrogen) atoms. The van der Waals surface area contributed by atoms with Crippen LogP contribution in [0.4, 0.5) is 0 Å². The Bertz CT molecular complexity index is 1720. The standard InChI is InChI=1S/C37H31NO7/c39-35(38-34(36(40)41)22-26-14-18-31(19-15-26)43-24-27-8-3-1-4-9-27)29-16-20-32(21-17-29)45-37(42)30-12-7-13-33(23-30)44-25-28-10-5-2-6-11-28/h1-21,23,34H,22,24-25H2,(H,38,39)(H,40,41)/t34-/m0/s1. The van der Waals surface area contributed by atoms with Crippen molar-refractivity contribution in [3.05, 3.63) is 161 Å². The predicted molar refractivity (Wildman–Crippen MR) is 168 cm³/mol. The lowest BCUT2D eigenvalue weighted by Crippen LogP contribution is -2.42. The Balaban J connectivity index is 1.13. The van der Waals surface area contributed by atoms with Crippen LogP contribution in [-0.4, -0.2) is 29.0 Å². The van der Waals surface area contributed by atoms with Crippen molar-refractivity contribution in [1.82, 2.24) is 5.32 Å². The Kier molecular flexibility index (Phi) is 10.2. The normalized spacial score (nSPS) is 11.2. The fraction of sp³-hybridized carbons (Fsp3) is 0.108. The Morgan fingerprint density at radius 2 is 1.16 bits per heavy atom. The Morgan fingerprint density at radius 1 is 0.578 bits per heavy atom. The van der Waals surface area contributed by atoms with Gasteiger partial charge in [-0.05, 0) is 71.3 Å². The molecule has 0 spiro atoms. The molecule has 0 fully saturated rings. The summed E-state index contributed by atoms with van der Waals surface area (Å²) in [5, 5.41) is 12.3. The van der Waals surface area contributed by atoms with Crippen LogP contribution in [0, 0.1) is 0 Å². The lowest BCUT2D eigenvalue weighted by Gasteiger charge is -2.15. The highest BCUT2D eigenvalue weighted by atomic mass is 16.5. The van der Waals surface area contributed by atoms with E-state index in [0.29, 0.717) is 30.3 Å². The summed E-state index contributed by atoms with van der Waals surface area (Å²) in [6.07, 6.45) is 0.0872. The van der Waals surface area contributed by atoms with E-state index in [1.807, 2.05) is 60.7 Å². The number of carboxylic acid groups (broad SMARTS) is 1. The molecule has 0 unspecified atom stereocenters. The molecule has 1 amide bonds. The summed E-state index contributed by atoms with van der Waals surface area (Å²) >= 11 is 0. The molecular weight excluding hydrogens is 570 g/mol. The number of aliphatic carboxylic acids is 1. The number of nitrogens with one attached hydrogen (secondary N) is 1. The van der Waals surface area contributed by atoms with E-state index in [0.717, 1.165) is 16.7 Å². The monoisotopic (exact) mass is 601 g/mol. The van der Waals surface area contributed by atoms with Crippen LogP contribution >= 0.6 is 0 Å². The first-order valence-corrected chi connectivity index (χ1v) is 14.3. The van der Waals surface area contributed by atoms with Gasteiger partial charge in [-0.2, -0.15) is 0 Å². The van der Waals surface area contributed by atoms with Crippen LogP contribution in [0.25, 0.3) is 0 Å². The molecule has 0 heterocycles. The molecule has 0 bridgehead atoms. The zero-order chi connectivity index (χ0) is 31.4. The third-order valence-corrected chi connectivity index (χ3v) is 6.86. The molecule has 0 saturated heterocycles. The molecule has 0 saturated carbocycles. The van der Waals surface area contributed by atoms with E-state index in [4.69, 9.17) is 14.2 Å². The molecule has 0 radical (unpaired) electrons. The summed E-state index contributed by atoms with van der Waals surface area (Å²) in [6, 6.07) is 38.0. The van der Waals surface area contributed by atoms with Gasteiger partial charge in [-0.3, -0.25) is 4.79 Å². The molecule has 1 atom stereocenters. The van der Waals surface area contributed by atoms with Gasteiger partial charge in [-0.25, -0.2) is 9.59 Å². The highest BCUT2D eigenvalue weighted by Crippen LogP contribution is 2.20. The number of carbonyl (C=O) groups is 3. The van der Waals surface area contributed by atoms with E-state index in [9.17, 15) is 19.5 Å². The molecule has 5 rings (SSSR count). The highest BCUT2D eigenvalue weighted by Gasteiger charge is 2.21. The molecule has 5 aromatic rings. The predicted octanol–water partition coefficient (Wildman–Crippen LogP) is 6.49. The van der Waals surface area contributed by atoms with Crippen molar-refractivity contribution in [3.8, 4) is 17.2 Å². The largest absolute Gasteiger partial charge is 0.489 e. The van der Waals surface area contributed by atoms with Crippen LogP contribution in [0.1, 0.15) is 37.4 Å². The number of hydrogen-bond donors (Lipinski definition) is 2. The van der Waals surface area contributed by atoms with Gasteiger partial charge in [0.1, 0.15) is 36.5 Å². The van der Waals surface area contributed by atoms with Crippen LogP contribution in [0.15, 0.2) is 133 Å². The van der Waals surface area contributed by atoms with Gasteiger partial charge >= 0.3 is 11.9 Å². The first kappa shape index (κ1) is 30.6. The summed E-state index contributed by atoms with van der Waals surface area (Å²) in [4.78, 5) is 37.5. The quantitative estimate of drug-likeness (QED) is 0.117. The highest BCUT2D eigenvalue weighted by molar-refractivity contribution is 5.97. The van der Waals surface area contributed by atoms with Crippen LogP contribution in [0.2, 0.25) is 0 Å². The molecule has 8 heteroatoms. The van der Waals surface area contributed by atoms with Gasteiger partial charge in [0.25, 0.3) is 5.91 Å². The number of benzene rings is 5. The van der Waals surface area contributed by atoms with Gasteiger partial charge in [0.05, 0.1) is 5.56 Å². The summed E-state index contributed by atoms with van der Waals surface area (Å²) in [6.45, 7) is 0.783. The zero-order valence-electron chi connectivity index (χ0n) is 24.3. The van der Waals surface area contributed by atoms with Crippen LogP contribution in [-0.2, 0) is 24.4 Å². The number of rotatable bonds is 13. The van der Waals surface area contributed by atoms with Gasteiger partial charge in [0, 0.05) is 12.0 Å². The molecule has 0 aliphatic rings. The minimum absolute atomic E-state index is 0.0872. The van der Waals surface area contributed by atoms with Gasteiger partial charge < -0.3 is 24.6 Å². The molecule has 5 aromatic carbocycles. The van der Waals surface area contributed by atoms with E-state index in [1.165, 1.54) is 24.3 Å². The molecule has 0 aliphatic heterocycles. The molecule has 0 aliphatic carbocycles. The maximum Gasteiger partial charge on any atom is 0.343 e. The average Bonchev–Trinajstić information content (AvgIpc) is 3.08. The number of carboxylic acids is 1. The molecule has 2 N–H and O–H groups in total. The molecular formula is C37H31NO7. The van der Waals surface area contributed by atoms with Gasteiger partial charge in [0.15, 0.2) is 0 Å². The van der Waals surface area contributed by atoms with E-state index in [-0.39, 0.29) is 17.7 Å². The van der Waals surface area contributed by atoms with E-state index < -0.39 is 23.9 Å². The van der Waals surface area contributed by atoms with E-state index in [2.05, 4.69) is 5.32 Å². The SMILES string of the molecule is O=C(N[C@@H](Cc1ccc(OCc2ccccc2)cc1)C(=O)O)c1ccc(OC(=O)c2cccc(OCc3ccccc3)c2)cc1. The Morgan fingerprint density at radius 3 is 1.76 bits per heavy atom. The van der Waals surface area contributed by atoms with Crippen molar-refractivity contribution < 1.29 is 33.7 Å². The average molecular weight is 602 g/mol. The van der Waals surface area contributed by atoms with Crippen molar-refractivity contribution in [2.75, 3.05) is 0 Å². The smallest absolute Gasteiger partial charge is 0.343 e. The minimum Gasteiger partial charge on any atom is -0.489 e. The summed E-state index contributed by atoms with van der Waals surface area (Å²) in [7, 11) is 0. The maximum atomic E-state index is 12.9. The topological polar surface area (TPSA) is 111 Å². The third-order valence-electron chi connectivity index (χ3n) is 6.86. The number of esters is 1. The van der Waals surface area contributed by atoms with Gasteiger partial charge in [-0.1, -0.05) is 78.9 Å². The first-order valence-electron chi connectivity index (χ1n) is 14.3. The second-order valence-corrected chi connectivity index (χ2v) is 10.2. The van der Waals surface area contributed by atoms with Crippen molar-refractivity contribution in [3.63, 3.8) is 0 Å². The fourth-order valence-corrected chi connectivity index (χ4v) is 4.43. The lowest BCUT2D eigenvalue weighted by atomic mass is 10.1. The van der Waals surface area contributed by atoms with E-state index >= 15 is 0 Å². The van der Waals surface area contributed by atoms with Crippen LogP contribution in [0.3, 0.4) is 0 Å². The van der Waals surface area contributed by atoms with Crippen molar-refractivity contribution >= 4 is 17.8 Å². The van der Waals surface area contributed by atoms with Gasteiger partial charge in [-0.15, -0.1) is 0 Å². The number of amides is 1. The van der Waals surface area contributed by atoms with Crippen molar-refractivity contribution in [1.29, 1.82) is 0 Å². The molecule has 8 nitrogen and oxygen atoms in total. The molecule has 0 aromatic heterocycles. The first-order chi connectivity index (χ1) is 21.9. The van der Waals surface area contributed by atoms with Crippen molar-refractivity contribution in [2.24, 2.45) is 0 Å². The van der Waals surface area contributed by atoms with Gasteiger partial charge in [0.2, 0.25) is 0 Å². The minimum atomic E-state index is -1.16. The van der Waals surface area contributed by atoms with Crippen LogP contribution < -0.4 is 19.5 Å². The number of ether oxygens (including phenoxy) is 3. The Hall–Kier alpha value is -5.89. The summed E-state index contributed by atoms with van der Waals surface area (Å²) in [5.41, 5.74) is 3.30.